The van der Waals surface area contributed by atoms with Gasteiger partial charge in [-0.2, -0.15) is 0 Å². The highest BCUT2D eigenvalue weighted by Gasteiger charge is 2.15. The summed E-state index contributed by atoms with van der Waals surface area (Å²) in [5.41, 5.74) is 7.80. The molecule has 0 aliphatic carbocycles. The fraction of sp³-hybridized carbons (Fsp3) is 0.111. The zero-order valence-corrected chi connectivity index (χ0v) is 13.7. The molecule has 0 spiro atoms. The molecule has 3 rings (SSSR count). The van der Waals surface area contributed by atoms with E-state index in [1.807, 2.05) is 0 Å². The van der Waals surface area contributed by atoms with E-state index >= 15 is 0 Å². The number of aromatic nitrogens is 2. The molecule has 1 heterocycles. The summed E-state index contributed by atoms with van der Waals surface area (Å²) in [5.74, 6) is -0.189. The Hall–Kier alpha value is -3.48. The van der Waals surface area contributed by atoms with Crippen LogP contribution in [0.3, 0.4) is 0 Å². The summed E-state index contributed by atoms with van der Waals surface area (Å²) in [6.07, 6.45) is 0. The number of amides is 2. The van der Waals surface area contributed by atoms with Crippen molar-refractivity contribution < 1.29 is 14.0 Å². The Morgan fingerprint density at radius 3 is 2.52 bits per heavy atom. The van der Waals surface area contributed by atoms with Gasteiger partial charge in [-0.15, -0.1) is 10.2 Å². The van der Waals surface area contributed by atoms with Crippen LogP contribution < -0.4 is 11.1 Å². The second-order valence-electron chi connectivity index (χ2n) is 5.52. The fourth-order valence-electron chi connectivity index (χ4n) is 2.50. The molecule has 0 radical (unpaired) electrons. The van der Waals surface area contributed by atoms with Crippen molar-refractivity contribution in [3.8, 4) is 11.5 Å². The zero-order valence-electron chi connectivity index (χ0n) is 13.7. The van der Waals surface area contributed by atoms with E-state index in [0.29, 0.717) is 39.7 Å². The van der Waals surface area contributed by atoms with Crippen LogP contribution in [0.4, 0.5) is 5.69 Å². The number of primary amides is 1. The summed E-state index contributed by atoms with van der Waals surface area (Å²) in [5, 5.41) is 10.4. The molecule has 0 saturated carbocycles. The number of nitrogens with two attached hydrogens (primary N) is 1. The summed E-state index contributed by atoms with van der Waals surface area (Å²) < 4.78 is 5.37. The van der Waals surface area contributed by atoms with Crippen molar-refractivity contribution in [3.05, 3.63) is 65.0 Å². The molecule has 7 nitrogen and oxygen atoms in total. The molecule has 0 saturated heterocycles. The lowest BCUT2D eigenvalue weighted by Gasteiger charge is -2.11. The number of aryl methyl sites for hydroxylation is 2. The van der Waals surface area contributed by atoms with Gasteiger partial charge < -0.3 is 15.5 Å². The molecule has 126 valence electrons. The van der Waals surface area contributed by atoms with Crippen molar-refractivity contribution in [1.29, 1.82) is 0 Å². The third-order valence-electron chi connectivity index (χ3n) is 3.67. The molecular weight excluding hydrogens is 320 g/mol. The van der Waals surface area contributed by atoms with E-state index in [1.165, 1.54) is 0 Å². The van der Waals surface area contributed by atoms with Crippen LogP contribution in [0, 0.1) is 13.8 Å². The molecule has 25 heavy (non-hydrogen) atoms. The van der Waals surface area contributed by atoms with Gasteiger partial charge in [0.25, 0.3) is 11.8 Å². The highest BCUT2D eigenvalue weighted by Crippen LogP contribution is 2.22. The third-order valence-corrected chi connectivity index (χ3v) is 3.67. The van der Waals surface area contributed by atoms with Crippen LogP contribution in [-0.4, -0.2) is 22.0 Å². The zero-order chi connectivity index (χ0) is 18.0. The molecule has 0 aliphatic rings. The first kappa shape index (κ1) is 16.4. The van der Waals surface area contributed by atoms with E-state index in [-0.39, 0.29) is 5.91 Å². The molecule has 0 atom stereocenters. The largest absolute Gasteiger partial charge is 0.421 e. The van der Waals surface area contributed by atoms with E-state index in [4.69, 9.17) is 10.2 Å². The van der Waals surface area contributed by atoms with Crippen molar-refractivity contribution in [2.75, 3.05) is 5.32 Å². The number of carbonyl (C=O) groups is 2. The predicted molar refractivity (Wildman–Crippen MR) is 92.1 cm³/mol. The molecule has 0 unspecified atom stereocenters. The lowest BCUT2D eigenvalue weighted by molar-refractivity contribution is 0.100. The smallest absolute Gasteiger partial charge is 0.255 e. The average Bonchev–Trinajstić information content (AvgIpc) is 3.01. The Kier molecular flexibility index (Phi) is 4.30. The first-order valence-corrected chi connectivity index (χ1v) is 7.57. The number of anilines is 1. The van der Waals surface area contributed by atoms with Crippen LogP contribution in [0.15, 0.2) is 46.9 Å². The van der Waals surface area contributed by atoms with Crippen LogP contribution in [-0.2, 0) is 0 Å². The van der Waals surface area contributed by atoms with E-state index in [1.54, 1.807) is 56.3 Å². The maximum absolute atomic E-state index is 12.6. The maximum atomic E-state index is 12.6. The van der Waals surface area contributed by atoms with Crippen LogP contribution >= 0.6 is 0 Å². The van der Waals surface area contributed by atoms with E-state index < -0.39 is 5.91 Å². The molecule has 0 bridgehead atoms. The third kappa shape index (κ3) is 3.40. The van der Waals surface area contributed by atoms with Crippen molar-refractivity contribution in [1.82, 2.24) is 10.2 Å². The second-order valence-corrected chi connectivity index (χ2v) is 5.52. The van der Waals surface area contributed by atoms with Gasteiger partial charge in [-0.3, -0.25) is 9.59 Å². The van der Waals surface area contributed by atoms with Gasteiger partial charge in [0.05, 0.1) is 11.3 Å². The minimum atomic E-state index is -0.594. The fourth-order valence-corrected chi connectivity index (χ4v) is 2.50. The normalized spacial score (nSPS) is 10.5. The molecule has 0 aliphatic heterocycles. The van der Waals surface area contributed by atoms with Crippen molar-refractivity contribution >= 4 is 17.5 Å². The molecule has 3 N–H and O–H groups in total. The number of carbonyl (C=O) groups excluding carboxylic acids is 2. The quantitative estimate of drug-likeness (QED) is 0.761. The Morgan fingerprint density at radius 1 is 1.08 bits per heavy atom. The van der Waals surface area contributed by atoms with Crippen molar-refractivity contribution in [2.24, 2.45) is 5.73 Å². The molecule has 2 aromatic carbocycles. The van der Waals surface area contributed by atoms with E-state index in [2.05, 4.69) is 15.5 Å². The molecule has 2 amide bonds. The summed E-state index contributed by atoms with van der Waals surface area (Å²) in [4.78, 5) is 24.2. The number of benzene rings is 2. The Bertz CT molecular complexity index is 962. The number of nitrogens with one attached hydrogen (secondary N) is 1. The predicted octanol–water partition coefficient (Wildman–Crippen LogP) is 2.70. The molecular formula is C18H16N4O3. The summed E-state index contributed by atoms with van der Waals surface area (Å²) >= 11 is 0. The SMILES string of the molecule is Cc1nnc(-c2cccc(C(=O)Nc3cccc(C)c3C(N)=O)c2)o1. The number of hydrogen-bond donors (Lipinski definition) is 2. The van der Waals surface area contributed by atoms with E-state index in [0.717, 1.165) is 0 Å². The van der Waals surface area contributed by atoms with Crippen molar-refractivity contribution in [3.63, 3.8) is 0 Å². The molecule has 0 fully saturated rings. The number of rotatable bonds is 4. The van der Waals surface area contributed by atoms with E-state index in [9.17, 15) is 9.59 Å². The number of nitrogens with zero attached hydrogens (tertiary/aromatic N) is 2. The van der Waals surface area contributed by atoms with Gasteiger partial charge in [0.1, 0.15) is 0 Å². The molecule has 1 aromatic heterocycles. The van der Waals surface area contributed by atoms with Gasteiger partial charge >= 0.3 is 0 Å². The maximum Gasteiger partial charge on any atom is 0.255 e. The highest BCUT2D eigenvalue weighted by atomic mass is 16.4. The Balaban J connectivity index is 1.90. The first-order valence-electron chi connectivity index (χ1n) is 7.57. The highest BCUT2D eigenvalue weighted by molar-refractivity contribution is 6.09. The van der Waals surface area contributed by atoms with Crippen LogP contribution in [0.5, 0.6) is 0 Å². The van der Waals surface area contributed by atoms with Gasteiger partial charge in [-0.05, 0) is 36.8 Å². The molecule has 3 aromatic rings. The minimum Gasteiger partial charge on any atom is -0.421 e. The second kappa shape index (κ2) is 6.56. The van der Waals surface area contributed by atoms with Crippen LogP contribution in [0.2, 0.25) is 0 Å². The molecule has 7 heteroatoms. The van der Waals surface area contributed by atoms with Gasteiger partial charge in [-0.1, -0.05) is 18.2 Å². The number of hydrogen-bond acceptors (Lipinski definition) is 5. The lowest BCUT2D eigenvalue weighted by Crippen LogP contribution is -2.19. The summed E-state index contributed by atoms with van der Waals surface area (Å²) in [6.45, 7) is 3.45. The lowest BCUT2D eigenvalue weighted by atomic mass is 10.1. The van der Waals surface area contributed by atoms with Crippen molar-refractivity contribution in [2.45, 2.75) is 13.8 Å². The van der Waals surface area contributed by atoms with Gasteiger partial charge in [-0.25, -0.2) is 0 Å². The van der Waals surface area contributed by atoms with Crippen LogP contribution in [0.25, 0.3) is 11.5 Å². The van der Waals surface area contributed by atoms with Crippen LogP contribution in [0.1, 0.15) is 32.2 Å². The first-order chi connectivity index (χ1) is 12.0. The monoisotopic (exact) mass is 336 g/mol. The van der Waals surface area contributed by atoms with Gasteiger partial charge in [0.15, 0.2) is 0 Å². The summed E-state index contributed by atoms with van der Waals surface area (Å²) in [7, 11) is 0. The Labute approximate surface area is 143 Å². The standard InChI is InChI=1S/C18H16N4O3/c1-10-5-3-8-14(15(10)16(19)23)20-17(24)12-6-4-7-13(9-12)18-22-21-11(2)25-18/h3-9H,1-2H3,(H2,19,23)(H,20,24). The summed E-state index contributed by atoms with van der Waals surface area (Å²) in [6, 6.07) is 11.9. The topological polar surface area (TPSA) is 111 Å². The Morgan fingerprint density at radius 2 is 1.84 bits per heavy atom. The minimum absolute atomic E-state index is 0.291. The van der Waals surface area contributed by atoms with Gasteiger partial charge in [0, 0.05) is 18.1 Å². The van der Waals surface area contributed by atoms with Gasteiger partial charge in [0.2, 0.25) is 11.8 Å². The average molecular weight is 336 g/mol.